The van der Waals surface area contributed by atoms with E-state index in [-0.39, 0.29) is 0 Å². The summed E-state index contributed by atoms with van der Waals surface area (Å²) in [4.78, 5) is 0. The first-order chi connectivity index (χ1) is 9.36. The second-order valence-electron chi connectivity index (χ2n) is 6.23. The zero-order chi connectivity index (χ0) is 13.1. The van der Waals surface area contributed by atoms with Crippen LogP contribution in [0.5, 0.6) is 0 Å². The van der Waals surface area contributed by atoms with Crippen molar-refractivity contribution < 1.29 is 0 Å². The predicted molar refractivity (Wildman–Crippen MR) is 80.2 cm³/mol. The second-order valence-corrected chi connectivity index (χ2v) is 6.23. The summed E-state index contributed by atoms with van der Waals surface area (Å²) in [6.45, 7) is 0.694. The molecule has 0 radical (unpaired) electrons. The number of nitrogens with two attached hydrogens (primary N) is 1. The lowest BCUT2D eigenvalue weighted by molar-refractivity contribution is 0.340. The average molecular weight is 258 g/mol. The molecule has 0 amide bonds. The molecule has 0 aliphatic heterocycles. The monoisotopic (exact) mass is 258 g/mol. The standard InChI is InChI=1S/C17H26N2/c18-12-17(19-16-4-2-1-3-5-16)15-10-8-14(9-11-15)13-6-7-13/h8-11,13,16-17,19H,1-7,12,18H2. The number of rotatable bonds is 5. The molecule has 2 saturated carbocycles. The van der Waals surface area contributed by atoms with E-state index in [4.69, 9.17) is 5.73 Å². The topological polar surface area (TPSA) is 38.0 Å². The molecule has 1 aromatic carbocycles. The van der Waals surface area contributed by atoms with E-state index in [9.17, 15) is 0 Å². The molecule has 2 aliphatic rings. The van der Waals surface area contributed by atoms with Gasteiger partial charge in [-0.3, -0.25) is 0 Å². The Hall–Kier alpha value is -0.860. The van der Waals surface area contributed by atoms with E-state index in [0.717, 1.165) is 5.92 Å². The molecule has 2 heteroatoms. The van der Waals surface area contributed by atoms with Gasteiger partial charge in [-0.25, -0.2) is 0 Å². The van der Waals surface area contributed by atoms with Gasteiger partial charge < -0.3 is 11.1 Å². The van der Waals surface area contributed by atoms with Crippen LogP contribution < -0.4 is 11.1 Å². The van der Waals surface area contributed by atoms with Gasteiger partial charge in [0.15, 0.2) is 0 Å². The maximum Gasteiger partial charge on any atom is 0.0446 e. The van der Waals surface area contributed by atoms with Crippen LogP contribution in [0.15, 0.2) is 24.3 Å². The van der Waals surface area contributed by atoms with Crippen LogP contribution in [-0.2, 0) is 0 Å². The molecule has 0 saturated heterocycles. The third-order valence-corrected chi connectivity index (χ3v) is 4.67. The highest BCUT2D eigenvalue weighted by Crippen LogP contribution is 2.40. The van der Waals surface area contributed by atoms with E-state index >= 15 is 0 Å². The van der Waals surface area contributed by atoms with Crippen molar-refractivity contribution in [2.75, 3.05) is 6.54 Å². The fourth-order valence-electron chi connectivity index (χ4n) is 3.27. The van der Waals surface area contributed by atoms with Crippen molar-refractivity contribution in [3.8, 4) is 0 Å². The molecule has 0 heterocycles. The molecule has 104 valence electrons. The van der Waals surface area contributed by atoms with Gasteiger partial charge in [0.1, 0.15) is 0 Å². The summed E-state index contributed by atoms with van der Waals surface area (Å²) >= 11 is 0. The third kappa shape index (κ3) is 3.37. The largest absolute Gasteiger partial charge is 0.329 e. The minimum absolute atomic E-state index is 0.330. The third-order valence-electron chi connectivity index (χ3n) is 4.67. The summed E-state index contributed by atoms with van der Waals surface area (Å²) in [6.07, 6.45) is 9.53. The van der Waals surface area contributed by atoms with E-state index < -0.39 is 0 Å². The summed E-state index contributed by atoms with van der Waals surface area (Å²) in [5.74, 6) is 0.844. The van der Waals surface area contributed by atoms with E-state index in [1.54, 1.807) is 0 Å². The van der Waals surface area contributed by atoms with Crippen LogP contribution in [0.3, 0.4) is 0 Å². The van der Waals surface area contributed by atoms with Gasteiger partial charge in [-0.1, -0.05) is 43.5 Å². The van der Waals surface area contributed by atoms with Crippen molar-refractivity contribution in [1.29, 1.82) is 0 Å². The molecule has 3 N–H and O–H groups in total. The molecule has 2 nitrogen and oxygen atoms in total. The number of hydrogen-bond donors (Lipinski definition) is 2. The van der Waals surface area contributed by atoms with Crippen LogP contribution in [0.2, 0.25) is 0 Å². The quantitative estimate of drug-likeness (QED) is 0.848. The van der Waals surface area contributed by atoms with Gasteiger partial charge in [-0.2, -0.15) is 0 Å². The molecule has 1 unspecified atom stereocenters. The fraction of sp³-hybridized carbons (Fsp3) is 0.647. The number of hydrogen-bond acceptors (Lipinski definition) is 2. The van der Waals surface area contributed by atoms with Crippen molar-refractivity contribution in [3.63, 3.8) is 0 Å². The van der Waals surface area contributed by atoms with Crippen molar-refractivity contribution in [1.82, 2.24) is 5.32 Å². The van der Waals surface area contributed by atoms with Crippen LogP contribution in [-0.4, -0.2) is 12.6 Å². The first-order valence-electron chi connectivity index (χ1n) is 7.93. The summed E-state index contributed by atoms with van der Waals surface area (Å²) in [5, 5.41) is 3.76. The van der Waals surface area contributed by atoms with Crippen LogP contribution in [0, 0.1) is 0 Å². The zero-order valence-corrected chi connectivity index (χ0v) is 11.8. The molecular formula is C17H26N2. The molecule has 1 aromatic rings. The normalized spacial score (nSPS) is 22.4. The van der Waals surface area contributed by atoms with Gasteiger partial charge >= 0.3 is 0 Å². The molecule has 19 heavy (non-hydrogen) atoms. The maximum atomic E-state index is 5.97. The van der Waals surface area contributed by atoms with Gasteiger partial charge in [0.05, 0.1) is 0 Å². The van der Waals surface area contributed by atoms with Gasteiger partial charge in [0.2, 0.25) is 0 Å². The molecular weight excluding hydrogens is 232 g/mol. The summed E-state index contributed by atoms with van der Waals surface area (Å²) in [6, 6.07) is 10.2. The molecule has 3 rings (SSSR count). The van der Waals surface area contributed by atoms with Crippen molar-refractivity contribution in [3.05, 3.63) is 35.4 Å². The molecule has 2 aliphatic carbocycles. The predicted octanol–water partition coefficient (Wildman–Crippen LogP) is 3.49. The lowest BCUT2D eigenvalue weighted by Crippen LogP contribution is -2.37. The van der Waals surface area contributed by atoms with Crippen LogP contribution in [0.1, 0.15) is 68.0 Å². The summed E-state index contributed by atoms with van der Waals surface area (Å²) in [7, 11) is 0. The summed E-state index contributed by atoms with van der Waals surface area (Å²) < 4.78 is 0. The number of benzene rings is 1. The summed E-state index contributed by atoms with van der Waals surface area (Å²) in [5.41, 5.74) is 8.84. The van der Waals surface area contributed by atoms with Crippen molar-refractivity contribution in [2.24, 2.45) is 5.73 Å². The van der Waals surface area contributed by atoms with Crippen molar-refractivity contribution >= 4 is 0 Å². The minimum atomic E-state index is 0.330. The lowest BCUT2D eigenvalue weighted by atomic mass is 9.93. The molecule has 0 bridgehead atoms. The Labute approximate surface area is 116 Å². The fourth-order valence-corrected chi connectivity index (χ4v) is 3.27. The van der Waals surface area contributed by atoms with Gasteiger partial charge in [-0.15, -0.1) is 0 Å². The maximum absolute atomic E-state index is 5.97. The second kappa shape index (κ2) is 6.06. The highest BCUT2D eigenvalue weighted by molar-refractivity contribution is 5.30. The van der Waals surface area contributed by atoms with Gasteiger partial charge in [0.25, 0.3) is 0 Å². The SMILES string of the molecule is NCC(NC1CCCCC1)c1ccc(C2CC2)cc1. The van der Waals surface area contributed by atoms with E-state index in [2.05, 4.69) is 29.6 Å². The molecule has 2 fully saturated rings. The molecule has 1 atom stereocenters. The van der Waals surface area contributed by atoms with E-state index in [1.807, 2.05) is 0 Å². The first-order valence-corrected chi connectivity index (χ1v) is 7.93. The Kier molecular flexibility index (Phi) is 4.19. The van der Waals surface area contributed by atoms with Gasteiger partial charge in [0, 0.05) is 18.6 Å². The Bertz CT molecular complexity index is 388. The zero-order valence-electron chi connectivity index (χ0n) is 11.8. The van der Waals surface area contributed by atoms with E-state index in [1.165, 1.54) is 56.1 Å². The van der Waals surface area contributed by atoms with Crippen molar-refractivity contribution in [2.45, 2.75) is 62.9 Å². The van der Waals surface area contributed by atoms with Crippen LogP contribution in [0.25, 0.3) is 0 Å². The lowest BCUT2D eigenvalue weighted by Gasteiger charge is -2.28. The van der Waals surface area contributed by atoms with E-state index in [0.29, 0.717) is 18.6 Å². The molecule has 0 aromatic heterocycles. The Morgan fingerprint density at radius 1 is 1.00 bits per heavy atom. The average Bonchev–Trinajstić information content (AvgIpc) is 3.31. The van der Waals surface area contributed by atoms with Crippen LogP contribution in [0.4, 0.5) is 0 Å². The number of nitrogens with one attached hydrogen (secondary N) is 1. The highest BCUT2D eigenvalue weighted by atomic mass is 15.0. The van der Waals surface area contributed by atoms with Crippen LogP contribution >= 0.6 is 0 Å². The Morgan fingerprint density at radius 3 is 2.26 bits per heavy atom. The Balaban J connectivity index is 1.63. The highest BCUT2D eigenvalue weighted by Gasteiger charge is 2.24. The van der Waals surface area contributed by atoms with Gasteiger partial charge in [-0.05, 0) is 42.7 Å². The first kappa shape index (κ1) is 13.1. The molecule has 0 spiro atoms. The smallest absolute Gasteiger partial charge is 0.0446 e. The minimum Gasteiger partial charge on any atom is -0.329 e. The Morgan fingerprint density at radius 2 is 1.68 bits per heavy atom.